The molecule has 0 fully saturated rings. The molecule has 0 bridgehead atoms. The molecular formula is C26H28Cl2Zr. The third-order valence-electron chi connectivity index (χ3n) is 6.93. The molecule has 0 radical (unpaired) electrons. The van der Waals surface area contributed by atoms with Crippen molar-refractivity contribution >= 4 is 11.6 Å². The topological polar surface area (TPSA) is 0 Å². The monoisotopic (exact) mass is 500 g/mol. The van der Waals surface area contributed by atoms with Crippen LogP contribution in [0, 0.1) is 0 Å². The van der Waals surface area contributed by atoms with E-state index >= 15 is 0 Å². The summed E-state index contributed by atoms with van der Waals surface area (Å²) >= 11 is -0.854. The van der Waals surface area contributed by atoms with Crippen molar-refractivity contribution in [2.45, 2.75) is 47.8 Å². The molecule has 2 aliphatic carbocycles. The Morgan fingerprint density at radius 2 is 1.34 bits per heavy atom. The smallest absolute Gasteiger partial charge is 1.00 e. The fourth-order valence-electron chi connectivity index (χ4n) is 4.94. The van der Waals surface area contributed by atoms with Crippen molar-refractivity contribution in [3.63, 3.8) is 0 Å². The summed E-state index contributed by atoms with van der Waals surface area (Å²) in [4.78, 5) is 0. The molecule has 2 aliphatic rings. The van der Waals surface area contributed by atoms with E-state index in [1.165, 1.54) is 17.5 Å². The van der Waals surface area contributed by atoms with Crippen LogP contribution in [-0.2, 0) is 23.2 Å². The molecule has 0 saturated heterocycles. The Bertz CT molecular complexity index is 959. The summed E-state index contributed by atoms with van der Waals surface area (Å²) in [6.07, 6.45) is 3.71. The molecule has 1 unspecified atom stereocenters. The number of hydrogen-bond acceptors (Lipinski definition) is 0. The van der Waals surface area contributed by atoms with Gasteiger partial charge in [-0.15, -0.1) is 0 Å². The van der Waals surface area contributed by atoms with Gasteiger partial charge >= 0.3 is 176 Å². The van der Waals surface area contributed by atoms with Crippen molar-refractivity contribution in [3.8, 4) is 0 Å². The first-order valence-corrected chi connectivity index (χ1v) is 12.6. The van der Waals surface area contributed by atoms with Crippen molar-refractivity contribution in [2.24, 2.45) is 0 Å². The molecule has 29 heavy (non-hydrogen) atoms. The maximum Gasteiger partial charge on any atom is -1.00 e. The summed E-state index contributed by atoms with van der Waals surface area (Å²) in [6, 6.07) is 20.1. The van der Waals surface area contributed by atoms with Crippen LogP contribution in [0.5, 0.6) is 0 Å². The largest absolute Gasteiger partial charge is 1.00 e. The van der Waals surface area contributed by atoms with Crippen molar-refractivity contribution in [3.05, 3.63) is 93.6 Å². The number of allylic oxidation sites excluding steroid dienone is 5. The SMILES string of the molecule is CC[C]1([Zr+2][CH]2C(c3ccccc3)=Cc3ccccc32)C(C)=C(C)C(C)=C1C.[Cl-].[Cl-]. The fourth-order valence-corrected chi connectivity index (χ4v) is 10.7. The average Bonchev–Trinajstić information content (AvgIpc) is 3.15. The van der Waals surface area contributed by atoms with Crippen LogP contribution in [-0.4, -0.2) is 0 Å². The van der Waals surface area contributed by atoms with Crippen LogP contribution >= 0.6 is 0 Å². The van der Waals surface area contributed by atoms with Crippen molar-refractivity contribution in [1.82, 2.24) is 0 Å². The van der Waals surface area contributed by atoms with Gasteiger partial charge in [0.1, 0.15) is 0 Å². The minimum Gasteiger partial charge on any atom is -1.00 e. The van der Waals surface area contributed by atoms with Crippen LogP contribution in [0.4, 0.5) is 0 Å². The van der Waals surface area contributed by atoms with E-state index in [2.05, 4.69) is 95.3 Å². The molecule has 0 aromatic heterocycles. The van der Waals surface area contributed by atoms with E-state index in [0.29, 0.717) is 6.75 Å². The van der Waals surface area contributed by atoms with Crippen LogP contribution < -0.4 is 24.8 Å². The van der Waals surface area contributed by atoms with Gasteiger partial charge in [-0.3, -0.25) is 0 Å². The summed E-state index contributed by atoms with van der Waals surface area (Å²) in [6.45, 7) is 11.9. The Kier molecular flexibility index (Phi) is 8.00. The minimum absolute atomic E-state index is 0. The molecule has 0 nitrogen and oxygen atoms in total. The van der Waals surface area contributed by atoms with Gasteiger partial charge in [-0.1, -0.05) is 0 Å². The summed E-state index contributed by atoms with van der Waals surface area (Å²) in [5.41, 5.74) is 12.4. The summed E-state index contributed by atoms with van der Waals surface area (Å²) in [7, 11) is 0. The molecular weight excluding hydrogens is 474 g/mol. The van der Waals surface area contributed by atoms with Crippen LogP contribution in [0.15, 0.2) is 76.9 Å². The molecule has 0 heterocycles. The second-order valence-electron chi connectivity index (χ2n) is 7.93. The number of hydrogen-bond donors (Lipinski definition) is 0. The summed E-state index contributed by atoms with van der Waals surface area (Å²) in [5.74, 6) is 0. The fraction of sp³-hybridized carbons (Fsp3) is 0.308. The molecule has 0 amide bonds. The molecule has 3 heteroatoms. The molecule has 1 atom stereocenters. The zero-order valence-corrected chi connectivity index (χ0v) is 21.8. The van der Waals surface area contributed by atoms with Gasteiger partial charge in [0, 0.05) is 0 Å². The van der Waals surface area contributed by atoms with Crippen LogP contribution in [0.25, 0.3) is 11.6 Å². The van der Waals surface area contributed by atoms with Crippen LogP contribution in [0.1, 0.15) is 61.4 Å². The maximum absolute atomic E-state index is 2.46. The van der Waals surface area contributed by atoms with Crippen molar-refractivity contribution < 1.29 is 48.0 Å². The van der Waals surface area contributed by atoms with Crippen LogP contribution in [0.2, 0.25) is 3.12 Å². The molecule has 0 spiro atoms. The maximum atomic E-state index is 2.46. The van der Waals surface area contributed by atoms with E-state index in [9.17, 15) is 0 Å². The van der Waals surface area contributed by atoms with Gasteiger partial charge in [-0.25, -0.2) is 0 Å². The Labute approximate surface area is 200 Å². The van der Waals surface area contributed by atoms with Crippen molar-refractivity contribution in [1.29, 1.82) is 0 Å². The molecule has 2 aromatic carbocycles. The Hall–Kier alpha value is -0.877. The van der Waals surface area contributed by atoms with Gasteiger partial charge in [-0.2, -0.15) is 0 Å². The third-order valence-corrected chi connectivity index (χ3v) is 13.1. The van der Waals surface area contributed by atoms with Gasteiger partial charge < -0.3 is 24.8 Å². The minimum atomic E-state index is -0.854. The van der Waals surface area contributed by atoms with E-state index in [0.717, 1.165) is 0 Å². The van der Waals surface area contributed by atoms with E-state index in [1.54, 1.807) is 33.4 Å². The van der Waals surface area contributed by atoms with Gasteiger partial charge in [-0.05, 0) is 0 Å². The first-order chi connectivity index (χ1) is 13.0. The molecule has 2 aromatic rings. The molecule has 4 rings (SSSR count). The predicted molar refractivity (Wildman–Crippen MR) is 113 cm³/mol. The average molecular weight is 503 g/mol. The van der Waals surface area contributed by atoms with Crippen molar-refractivity contribution in [2.75, 3.05) is 0 Å². The van der Waals surface area contributed by atoms with E-state index in [1.807, 2.05) is 0 Å². The normalized spacial score (nSPS) is 19.2. The number of benzene rings is 2. The zero-order chi connectivity index (χ0) is 19.2. The molecule has 0 N–H and O–H groups in total. The van der Waals surface area contributed by atoms with Gasteiger partial charge in [0.25, 0.3) is 0 Å². The first kappa shape index (κ1) is 24.4. The molecule has 0 saturated carbocycles. The first-order valence-electron chi connectivity index (χ1n) is 9.99. The predicted octanol–water partition coefficient (Wildman–Crippen LogP) is 1.63. The Morgan fingerprint density at radius 1 is 0.793 bits per heavy atom. The van der Waals surface area contributed by atoms with E-state index in [4.69, 9.17) is 0 Å². The van der Waals surface area contributed by atoms with E-state index < -0.39 is 23.2 Å². The van der Waals surface area contributed by atoms with Gasteiger partial charge in [0.05, 0.1) is 0 Å². The Balaban J connectivity index is 0.00000150. The summed E-state index contributed by atoms with van der Waals surface area (Å²) in [5, 5.41) is 0. The second-order valence-corrected chi connectivity index (χ2v) is 12.2. The van der Waals surface area contributed by atoms with E-state index in [-0.39, 0.29) is 24.8 Å². The summed E-state index contributed by atoms with van der Waals surface area (Å²) < 4.78 is 0.976. The molecule has 0 aliphatic heterocycles. The number of fused-ring (bicyclic) bond motifs is 1. The quantitative estimate of drug-likeness (QED) is 0.597. The van der Waals surface area contributed by atoms with Crippen LogP contribution in [0.3, 0.4) is 0 Å². The number of rotatable bonds is 4. The molecule has 150 valence electrons. The van der Waals surface area contributed by atoms with Gasteiger partial charge in [0.2, 0.25) is 0 Å². The second kappa shape index (κ2) is 9.51. The standard InChI is InChI=1S/C15H11.C11H17.2ClH.Zr/c1-2-6-12(7-3-1)15-10-13-8-4-5-9-14(13)11-15;1-6-11-9(4)7(2)8(3)10(11)5;;;/h1-11H;6H2,1-5H3;2*1H;/q;;;;+2/p-2. The zero-order valence-electron chi connectivity index (χ0n) is 17.8. The van der Waals surface area contributed by atoms with Gasteiger partial charge in [0.15, 0.2) is 0 Å². The number of halogens is 2. The Morgan fingerprint density at radius 3 is 1.93 bits per heavy atom. The third kappa shape index (κ3) is 3.92.